The van der Waals surface area contributed by atoms with Crippen LogP contribution >= 0.6 is 0 Å². The Morgan fingerprint density at radius 2 is 2.14 bits per heavy atom. The highest BCUT2D eigenvalue weighted by Crippen LogP contribution is 2.23. The summed E-state index contributed by atoms with van der Waals surface area (Å²) in [6, 6.07) is 0. The average Bonchev–Trinajstić information content (AvgIpc) is 2.28. The van der Waals surface area contributed by atoms with Crippen LogP contribution in [-0.4, -0.2) is 27.2 Å². The van der Waals surface area contributed by atoms with Crippen LogP contribution in [0.4, 0.5) is 13.2 Å². The number of halogens is 3. The lowest BCUT2D eigenvalue weighted by atomic mass is 10.1. The summed E-state index contributed by atoms with van der Waals surface area (Å²) in [5.74, 6) is 0. The normalized spacial score (nSPS) is 14.4. The van der Waals surface area contributed by atoms with E-state index in [4.69, 9.17) is 5.11 Å². The van der Waals surface area contributed by atoms with E-state index >= 15 is 0 Å². The summed E-state index contributed by atoms with van der Waals surface area (Å²) >= 11 is 0. The third kappa shape index (κ3) is 2.47. The molecule has 1 heterocycles. The summed E-state index contributed by atoms with van der Waals surface area (Å²) < 4.78 is 37.4. The standard InChI is InChI=1S/C8H11F3N2O/c1-5-6(4-13(2)12-5)3-7(14)8(9,10)11/h4,7,14H,3H2,1-2H3. The van der Waals surface area contributed by atoms with Gasteiger partial charge >= 0.3 is 6.18 Å². The zero-order valence-corrected chi connectivity index (χ0v) is 7.84. The van der Waals surface area contributed by atoms with E-state index in [2.05, 4.69) is 5.10 Å². The fourth-order valence-corrected chi connectivity index (χ4v) is 1.17. The summed E-state index contributed by atoms with van der Waals surface area (Å²) in [6.45, 7) is 1.61. The molecule has 0 saturated heterocycles. The van der Waals surface area contributed by atoms with Gasteiger partial charge in [-0.3, -0.25) is 4.68 Å². The molecule has 1 aromatic heterocycles. The first kappa shape index (κ1) is 11.0. The summed E-state index contributed by atoms with van der Waals surface area (Å²) in [5.41, 5.74) is 0.924. The second-order valence-electron chi connectivity index (χ2n) is 3.17. The van der Waals surface area contributed by atoms with Crippen LogP contribution in [-0.2, 0) is 13.5 Å². The van der Waals surface area contributed by atoms with Crippen molar-refractivity contribution in [1.82, 2.24) is 9.78 Å². The minimum Gasteiger partial charge on any atom is -0.383 e. The van der Waals surface area contributed by atoms with Crippen molar-refractivity contribution >= 4 is 0 Å². The van der Waals surface area contributed by atoms with Gasteiger partial charge < -0.3 is 5.11 Å². The fraction of sp³-hybridized carbons (Fsp3) is 0.625. The lowest BCUT2D eigenvalue weighted by Gasteiger charge is -2.13. The van der Waals surface area contributed by atoms with Crippen LogP contribution in [0.1, 0.15) is 11.3 Å². The van der Waals surface area contributed by atoms with Crippen LogP contribution in [0.15, 0.2) is 6.20 Å². The number of aromatic nitrogens is 2. The highest BCUT2D eigenvalue weighted by Gasteiger charge is 2.38. The van der Waals surface area contributed by atoms with Gasteiger partial charge in [-0.2, -0.15) is 18.3 Å². The molecule has 1 aromatic rings. The Balaban J connectivity index is 2.74. The number of aliphatic hydroxyl groups excluding tert-OH is 1. The van der Waals surface area contributed by atoms with Gasteiger partial charge in [0.25, 0.3) is 0 Å². The highest BCUT2D eigenvalue weighted by atomic mass is 19.4. The van der Waals surface area contributed by atoms with Gasteiger partial charge in [-0.05, 0) is 12.5 Å². The molecule has 1 N–H and O–H groups in total. The second-order valence-corrected chi connectivity index (χ2v) is 3.17. The minimum absolute atomic E-state index is 0.414. The summed E-state index contributed by atoms with van der Waals surface area (Å²) in [6.07, 6.45) is -5.85. The van der Waals surface area contributed by atoms with Crippen molar-refractivity contribution in [3.63, 3.8) is 0 Å². The fourth-order valence-electron chi connectivity index (χ4n) is 1.17. The van der Waals surface area contributed by atoms with E-state index in [-0.39, 0.29) is 0 Å². The van der Waals surface area contributed by atoms with Gasteiger partial charge in [0.15, 0.2) is 6.10 Å². The molecule has 1 unspecified atom stereocenters. The highest BCUT2D eigenvalue weighted by molar-refractivity contribution is 5.16. The Labute approximate surface area is 79.2 Å². The Kier molecular flexibility index (Phi) is 2.84. The van der Waals surface area contributed by atoms with E-state index in [1.807, 2.05) is 0 Å². The molecular formula is C8H11F3N2O. The van der Waals surface area contributed by atoms with Gasteiger partial charge in [0.2, 0.25) is 0 Å². The smallest absolute Gasteiger partial charge is 0.383 e. The molecule has 14 heavy (non-hydrogen) atoms. The molecule has 0 aliphatic rings. The first-order valence-electron chi connectivity index (χ1n) is 4.04. The van der Waals surface area contributed by atoms with Crippen LogP contribution < -0.4 is 0 Å². The van der Waals surface area contributed by atoms with Crippen molar-refractivity contribution in [2.45, 2.75) is 25.6 Å². The van der Waals surface area contributed by atoms with E-state index in [0.717, 1.165) is 0 Å². The Bertz CT molecular complexity index is 319. The summed E-state index contributed by atoms with van der Waals surface area (Å²) in [4.78, 5) is 0. The Morgan fingerprint density at radius 1 is 1.57 bits per heavy atom. The number of hydrogen-bond donors (Lipinski definition) is 1. The van der Waals surface area contributed by atoms with Crippen molar-refractivity contribution in [2.24, 2.45) is 7.05 Å². The molecule has 1 rings (SSSR count). The maximum absolute atomic E-state index is 12.0. The summed E-state index contributed by atoms with van der Waals surface area (Å²) in [7, 11) is 1.62. The molecule has 80 valence electrons. The topological polar surface area (TPSA) is 38.0 Å². The number of alkyl halides is 3. The Hall–Kier alpha value is -1.04. The molecule has 0 fully saturated rings. The lowest BCUT2D eigenvalue weighted by molar-refractivity contribution is -0.203. The SMILES string of the molecule is Cc1nn(C)cc1CC(O)C(F)(F)F. The van der Waals surface area contributed by atoms with Gasteiger partial charge in [0, 0.05) is 19.7 Å². The molecular weight excluding hydrogens is 197 g/mol. The molecule has 0 saturated carbocycles. The molecule has 0 aromatic carbocycles. The largest absolute Gasteiger partial charge is 0.414 e. The van der Waals surface area contributed by atoms with Crippen molar-refractivity contribution < 1.29 is 18.3 Å². The van der Waals surface area contributed by atoms with Crippen molar-refractivity contribution in [3.8, 4) is 0 Å². The average molecular weight is 208 g/mol. The van der Waals surface area contributed by atoms with Crippen molar-refractivity contribution in [3.05, 3.63) is 17.5 Å². The van der Waals surface area contributed by atoms with Crippen LogP contribution in [0.5, 0.6) is 0 Å². The molecule has 6 heteroatoms. The van der Waals surface area contributed by atoms with Gasteiger partial charge in [-0.1, -0.05) is 0 Å². The first-order valence-corrected chi connectivity index (χ1v) is 4.04. The predicted octanol–water partition coefficient (Wildman–Crippen LogP) is 1.19. The van der Waals surface area contributed by atoms with Gasteiger partial charge in [-0.15, -0.1) is 0 Å². The van der Waals surface area contributed by atoms with E-state index in [0.29, 0.717) is 11.3 Å². The molecule has 0 spiro atoms. The van der Waals surface area contributed by atoms with Gasteiger partial charge in [0.05, 0.1) is 5.69 Å². The van der Waals surface area contributed by atoms with E-state index in [9.17, 15) is 13.2 Å². The molecule has 1 atom stereocenters. The zero-order valence-electron chi connectivity index (χ0n) is 7.84. The Morgan fingerprint density at radius 3 is 2.50 bits per heavy atom. The van der Waals surface area contributed by atoms with Crippen molar-refractivity contribution in [2.75, 3.05) is 0 Å². The number of nitrogens with zero attached hydrogens (tertiary/aromatic N) is 2. The second kappa shape index (κ2) is 3.61. The minimum atomic E-state index is -4.57. The lowest BCUT2D eigenvalue weighted by Crippen LogP contribution is -2.30. The number of aliphatic hydroxyl groups is 1. The third-order valence-corrected chi connectivity index (χ3v) is 1.91. The van der Waals surface area contributed by atoms with Gasteiger partial charge in [-0.25, -0.2) is 0 Å². The van der Waals surface area contributed by atoms with Crippen LogP contribution in [0, 0.1) is 6.92 Å². The van der Waals surface area contributed by atoms with Crippen LogP contribution in [0.3, 0.4) is 0 Å². The summed E-state index contributed by atoms with van der Waals surface area (Å²) in [5, 5.41) is 12.7. The molecule has 0 aliphatic heterocycles. The van der Waals surface area contributed by atoms with Gasteiger partial charge in [0.1, 0.15) is 0 Å². The number of aryl methyl sites for hydroxylation is 2. The van der Waals surface area contributed by atoms with Crippen LogP contribution in [0.2, 0.25) is 0 Å². The number of rotatable bonds is 2. The molecule has 0 bridgehead atoms. The van der Waals surface area contributed by atoms with E-state index in [1.165, 1.54) is 10.9 Å². The molecule has 3 nitrogen and oxygen atoms in total. The first-order chi connectivity index (χ1) is 6.30. The monoisotopic (exact) mass is 208 g/mol. The van der Waals surface area contributed by atoms with Crippen molar-refractivity contribution in [1.29, 1.82) is 0 Å². The quantitative estimate of drug-likeness (QED) is 0.792. The zero-order chi connectivity index (χ0) is 10.9. The number of hydrogen-bond acceptors (Lipinski definition) is 2. The van der Waals surface area contributed by atoms with E-state index in [1.54, 1.807) is 14.0 Å². The molecule has 0 radical (unpaired) electrons. The predicted molar refractivity (Wildman–Crippen MR) is 43.7 cm³/mol. The van der Waals surface area contributed by atoms with E-state index < -0.39 is 18.7 Å². The van der Waals surface area contributed by atoms with Crippen LogP contribution in [0.25, 0.3) is 0 Å². The maximum atomic E-state index is 12.0. The maximum Gasteiger partial charge on any atom is 0.414 e. The molecule has 0 aliphatic carbocycles. The third-order valence-electron chi connectivity index (χ3n) is 1.91. The molecule has 0 amide bonds.